The van der Waals surface area contributed by atoms with Crippen LogP contribution in [0.15, 0.2) is 218 Å². The highest BCUT2D eigenvalue weighted by Gasteiger charge is 2.39. The molecule has 0 saturated heterocycles. The number of hydrogen-bond donors (Lipinski definition) is 0. The molecular weight excluding hydrogens is 1170 g/mol. The van der Waals surface area contributed by atoms with E-state index in [2.05, 4.69) is 0 Å². The maximum absolute atomic E-state index is 15.5. The number of halogens is 15. The van der Waals surface area contributed by atoms with Crippen LogP contribution in [0.3, 0.4) is 0 Å². The van der Waals surface area contributed by atoms with E-state index in [1.54, 1.807) is 137 Å². The van der Waals surface area contributed by atoms with Gasteiger partial charge in [-0.1, -0.05) is 109 Å². The van der Waals surface area contributed by atoms with Crippen LogP contribution < -0.4 is 0 Å². The number of fused-ring (bicyclic) bond motifs is 6. The molecule has 0 saturated carbocycles. The first kappa shape index (κ1) is 56.9. The van der Waals surface area contributed by atoms with Crippen molar-refractivity contribution in [3.8, 4) is 78.9 Å². The van der Waals surface area contributed by atoms with Gasteiger partial charge in [-0.15, -0.1) is 0 Å². The van der Waals surface area contributed by atoms with E-state index in [-0.39, 0.29) is 74.3 Å². The molecule has 0 aliphatic rings. The minimum Gasteiger partial charge on any atom is -0.309 e. The predicted molar refractivity (Wildman–Crippen MR) is 306 cm³/mol. The Labute approximate surface area is 487 Å². The van der Waals surface area contributed by atoms with Crippen molar-refractivity contribution in [1.82, 2.24) is 24.1 Å². The summed E-state index contributed by atoms with van der Waals surface area (Å²) in [6, 6.07) is 49.8. The van der Waals surface area contributed by atoms with Crippen LogP contribution in [0.4, 0.5) is 65.9 Å². The van der Waals surface area contributed by atoms with Crippen LogP contribution in [0, 0.1) is 0 Å². The average molecular weight is 1210 g/mol. The quantitative estimate of drug-likeness (QED) is 0.142. The zero-order valence-corrected chi connectivity index (χ0v) is 44.7. The molecule has 3 aromatic heterocycles. The Morgan fingerprint density at radius 3 is 0.955 bits per heavy atom. The van der Waals surface area contributed by atoms with Gasteiger partial charge in [-0.25, -0.2) is 15.0 Å². The number of benzene rings is 10. The molecule has 0 aliphatic carbocycles. The smallest absolute Gasteiger partial charge is 0.309 e. The molecule has 5 nitrogen and oxygen atoms in total. The molecule has 0 bridgehead atoms. The highest BCUT2D eigenvalue weighted by atomic mass is 19.4. The Morgan fingerprint density at radius 2 is 0.557 bits per heavy atom. The summed E-state index contributed by atoms with van der Waals surface area (Å²) in [6.07, 6.45) is -25.6. The summed E-state index contributed by atoms with van der Waals surface area (Å²) in [6.45, 7) is 0. The molecule has 20 heteroatoms. The van der Waals surface area contributed by atoms with Crippen LogP contribution >= 0.6 is 0 Å². The number of aromatic nitrogens is 5. The fourth-order valence-electron chi connectivity index (χ4n) is 11.2. The first-order valence-corrected chi connectivity index (χ1v) is 26.7. The third kappa shape index (κ3) is 10.4. The van der Waals surface area contributed by atoms with Crippen molar-refractivity contribution < 1.29 is 65.9 Å². The second-order valence-electron chi connectivity index (χ2n) is 20.8. The number of para-hydroxylation sites is 2. The summed E-state index contributed by atoms with van der Waals surface area (Å²) >= 11 is 0. The van der Waals surface area contributed by atoms with Crippen LogP contribution in [0.2, 0.25) is 0 Å². The number of hydrogen-bond acceptors (Lipinski definition) is 3. The van der Waals surface area contributed by atoms with Gasteiger partial charge in [-0.05, 0) is 131 Å². The van der Waals surface area contributed by atoms with Crippen molar-refractivity contribution in [2.75, 3.05) is 0 Å². The van der Waals surface area contributed by atoms with E-state index in [1.807, 2.05) is 0 Å². The highest BCUT2D eigenvalue weighted by molar-refractivity contribution is 6.13. The predicted octanol–water partition coefficient (Wildman–Crippen LogP) is 21.2. The molecule has 3 heterocycles. The Morgan fingerprint density at radius 1 is 0.227 bits per heavy atom. The SMILES string of the molecule is FC(F)(F)c1cc(-c2ccc3c(c2)c2ccccc2n3-c2ccc(-c3nc(-c4ccccc4)nc(-c4ccccc4)n3)cc2-c2cc(C(F)(F)F)ccc2-n2c3ccccc3c3cc(-c4cc(C(F)(F)F)cc(C(F)(F)F)c4)ccc32)cc(C(F)(F)F)c1. The van der Waals surface area contributed by atoms with Crippen molar-refractivity contribution in [2.24, 2.45) is 0 Å². The van der Waals surface area contributed by atoms with Gasteiger partial charge in [-0.3, -0.25) is 0 Å². The van der Waals surface area contributed by atoms with Gasteiger partial charge in [0.2, 0.25) is 0 Å². The summed E-state index contributed by atoms with van der Waals surface area (Å²) < 4.78 is 220. The number of nitrogens with zero attached hydrogens (tertiary/aromatic N) is 5. The van der Waals surface area contributed by atoms with Crippen molar-refractivity contribution >= 4 is 43.6 Å². The molecule has 0 unspecified atom stereocenters. The van der Waals surface area contributed by atoms with E-state index in [1.165, 1.54) is 42.5 Å². The Bertz CT molecular complexity index is 4780. The lowest BCUT2D eigenvalue weighted by molar-refractivity contribution is -0.144. The molecule has 13 rings (SSSR count). The molecule has 10 aromatic carbocycles. The maximum atomic E-state index is 15.5. The fraction of sp³-hybridized carbons (Fsp3) is 0.0735. The van der Waals surface area contributed by atoms with Crippen LogP contribution in [-0.4, -0.2) is 24.1 Å². The molecule has 0 radical (unpaired) electrons. The molecule has 0 aliphatic heterocycles. The van der Waals surface area contributed by atoms with E-state index in [4.69, 9.17) is 15.0 Å². The largest absolute Gasteiger partial charge is 0.416 e. The molecule has 0 spiro atoms. The monoisotopic (exact) mass is 1210 g/mol. The lowest BCUT2D eigenvalue weighted by Crippen LogP contribution is -2.11. The third-order valence-electron chi connectivity index (χ3n) is 15.2. The maximum Gasteiger partial charge on any atom is 0.416 e. The standard InChI is InChI=1S/C68H36F15N5/c69-64(70,71)44-22-26-60(88-56-18-10-8-16-50(56)52-32-40(20-24-58(52)88)43-29-47(67(78,79)80)35-48(30-43)68(81,82)83)54(36-44)53-33-41(63-85-61(37-11-3-1-4-12-37)84-62(86-63)38-13-5-2-6-14-38)21-25-59(53)87-55-17-9-7-15-49(55)51-31-39(19-23-57(51)87)42-27-45(65(72,73)74)34-46(28-42)66(75,76)77/h1-36H. The van der Waals surface area contributed by atoms with Crippen LogP contribution in [0.1, 0.15) is 27.8 Å². The van der Waals surface area contributed by atoms with Gasteiger partial charge in [0.15, 0.2) is 17.5 Å². The molecule has 0 atom stereocenters. The molecular formula is C68H36F15N5. The summed E-state index contributed by atoms with van der Waals surface area (Å²) in [5, 5.41) is 1.49. The lowest BCUT2D eigenvalue weighted by Gasteiger charge is -2.21. The zero-order valence-electron chi connectivity index (χ0n) is 44.7. The average Bonchev–Trinajstić information content (AvgIpc) is 1.65. The number of rotatable bonds is 8. The van der Waals surface area contributed by atoms with Crippen molar-refractivity contribution in [1.29, 1.82) is 0 Å². The van der Waals surface area contributed by atoms with Crippen molar-refractivity contribution in [3.05, 3.63) is 246 Å². The zero-order chi connectivity index (χ0) is 61.8. The van der Waals surface area contributed by atoms with Gasteiger partial charge in [0, 0.05) is 49.4 Å². The van der Waals surface area contributed by atoms with Crippen LogP contribution in [0.25, 0.3) is 123 Å². The van der Waals surface area contributed by atoms with Gasteiger partial charge in [0.1, 0.15) is 0 Å². The van der Waals surface area contributed by atoms with E-state index in [0.717, 1.165) is 12.1 Å². The first-order chi connectivity index (χ1) is 41.8. The minimum atomic E-state index is -5.16. The summed E-state index contributed by atoms with van der Waals surface area (Å²) in [4.78, 5) is 14.6. The van der Waals surface area contributed by atoms with Gasteiger partial charge >= 0.3 is 30.9 Å². The van der Waals surface area contributed by atoms with Gasteiger partial charge < -0.3 is 9.13 Å². The lowest BCUT2D eigenvalue weighted by atomic mass is 9.95. The van der Waals surface area contributed by atoms with E-state index < -0.39 is 69.8 Å². The molecule has 0 amide bonds. The number of alkyl halides is 15. The fourth-order valence-corrected chi connectivity index (χ4v) is 11.2. The summed E-state index contributed by atoms with van der Waals surface area (Å²) in [5.41, 5.74) is -5.05. The van der Waals surface area contributed by atoms with Gasteiger partial charge in [0.25, 0.3) is 0 Å². The van der Waals surface area contributed by atoms with Crippen molar-refractivity contribution in [3.63, 3.8) is 0 Å². The first-order valence-electron chi connectivity index (χ1n) is 26.7. The second kappa shape index (κ2) is 20.7. The van der Waals surface area contributed by atoms with Gasteiger partial charge in [0.05, 0.1) is 61.3 Å². The van der Waals surface area contributed by atoms with Crippen LogP contribution in [0.5, 0.6) is 0 Å². The Kier molecular flexibility index (Phi) is 13.4. The van der Waals surface area contributed by atoms with E-state index in [9.17, 15) is 52.7 Å². The summed E-state index contributed by atoms with van der Waals surface area (Å²) in [5.74, 6) is 0.550. The Hall–Kier alpha value is -10.2. The molecule has 0 N–H and O–H groups in total. The van der Waals surface area contributed by atoms with E-state index >= 15 is 13.2 Å². The topological polar surface area (TPSA) is 48.5 Å². The van der Waals surface area contributed by atoms with Gasteiger partial charge in [-0.2, -0.15) is 65.9 Å². The Balaban J connectivity index is 1.10. The molecule has 88 heavy (non-hydrogen) atoms. The second-order valence-corrected chi connectivity index (χ2v) is 20.8. The van der Waals surface area contributed by atoms with Crippen molar-refractivity contribution in [2.45, 2.75) is 30.9 Å². The molecule has 0 fully saturated rings. The third-order valence-corrected chi connectivity index (χ3v) is 15.2. The minimum absolute atomic E-state index is 0.0157. The van der Waals surface area contributed by atoms with Crippen LogP contribution in [-0.2, 0) is 30.9 Å². The summed E-state index contributed by atoms with van der Waals surface area (Å²) in [7, 11) is 0. The highest BCUT2D eigenvalue weighted by Crippen LogP contribution is 2.47. The molecule has 13 aromatic rings. The molecule has 438 valence electrons. The normalized spacial score (nSPS) is 12.7. The van der Waals surface area contributed by atoms with E-state index in [0.29, 0.717) is 73.5 Å².